The lowest BCUT2D eigenvalue weighted by Crippen LogP contribution is -2.47. The first kappa shape index (κ1) is 13.3. The van der Waals surface area contributed by atoms with E-state index in [1.807, 2.05) is 4.90 Å². The number of amides is 2. The Labute approximate surface area is 108 Å². The number of primary amides is 1. The second-order valence-corrected chi connectivity index (χ2v) is 5.56. The summed E-state index contributed by atoms with van der Waals surface area (Å²) in [6.07, 6.45) is 4.77. The highest BCUT2D eigenvalue weighted by Crippen LogP contribution is 2.33. The van der Waals surface area contributed by atoms with Crippen LogP contribution in [-0.2, 0) is 9.59 Å². The third-order valence-electron chi connectivity index (χ3n) is 4.41. The summed E-state index contributed by atoms with van der Waals surface area (Å²) in [4.78, 5) is 25.5. The van der Waals surface area contributed by atoms with E-state index < -0.39 is 0 Å². The molecule has 5 heteroatoms. The molecule has 0 radical (unpaired) electrons. The monoisotopic (exact) mass is 253 g/mol. The molecular formula is C13H23N3O2. The zero-order valence-corrected chi connectivity index (χ0v) is 10.8. The van der Waals surface area contributed by atoms with Crippen molar-refractivity contribution in [2.75, 3.05) is 19.6 Å². The molecule has 102 valence electrons. The molecule has 1 saturated carbocycles. The van der Waals surface area contributed by atoms with Crippen LogP contribution in [0, 0.1) is 17.8 Å². The van der Waals surface area contributed by atoms with Crippen LogP contribution >= 0.6 is 0 Å². The van der Waals surface area contributed by atoms with Gasteiger partial charge in [-0.1, -0.05) is 6.42 Å². The van der Waals surface area contributed by atoms with E-state index in [4.69, 9.17) is 11.5 Å². The molecule has 1 heterocycles. The molecule has 3 unspecified atom stereocenters. The molecule has 0 aromatic carbocycles. The Hall–Kier alpha value is -1.10. The van der Waals surface area contributed by atoms with Crippen molar-refractivity contribution in [2.24, 2.45) is 29.2 Å². The second kappa shape index (κ2) is 5.69. The molecule has 5 nitrogen and oxygen atoms in total. The van der Waals surface area contributed by atoms with Gasteiger partial charge in [0.25, 0.3) is 0 Å². The fourth-order valence-corrected chi connectivity index (χ4v) is 3.29. The molecule has 4 N–H and O–H groups in total. The second-order valence-electron chi connectivity index (χ2n) is 5.56. The number of carbonyl (C=O) groups excluding carboxylic acids is 2. The van der Waals surface area contributed by atoms with Crippen molar-refractivity contribution < 1.29 is 9.59 Å². The maximum absolute atomic E-state index is 12.5. The lowest BCUT2D eigenvalue weighted by atomic mass is 9.91. The van der Waals surface area contributed by atoms with Crippen LogP contribution in [-0.4, -0.2) is 36.3 Å². The molecule has 1 saturated heterocycles. The molecule has 1 aliphatic carbocycles. The summed E-state index contributed by atoms with van der Waals surface area (Å²) in [7, 11) is 0. The molecule has 1 aliphatic heterocycles. The van der Waals surface area contributed by atoms with Gasteiger partial charge in [-0.05, 0) is 38.1 Å². The topological polar surface area (TPSA) is 89.4 Å². The Morgan fingerprint density at radius 2 is 1.94 bits per heavy atom. The van der Waals surface area contributed by atoms with Crippen LogP contribution in [0.5, 0.6) is 0 Å². The van der Waals surface area contributed by atoms with E-state index >= 15 is 0 Å². The Kier molecular flexibility index (Phi) is 4.22. The van der Waals surface area contributed by atoms with Gasteiger partial charge in [-0.15, -0.1) is 0 Å². The standard InChI is InChI=1S/C13H23N3O2/c14-7-9-3-1-5-11(9)13(18)16-6-2-4-10(8-16)12(15)17/h9-11H,1-8,14H2,(H2,15,17). The van der Waals surface area contributed by atoms with Crippen LogP contribution in [0.2, 0.25) is 0 Å². The van der Waals surface area contributed by atoms with Gasteiger partial charge >= 0.3 is 0 Å². The summed E-state index contributed by atoms with van der Waals surface area (Å²) in [5, 5.41) is 0. The highest BCUT2D eigenvalue weighted by Gasteiger charge is 2.36. The van der Waals surface area contributed by atoms with E-state index in [1.165, 1.54) is 0 Å². The number of carbonyl (C=O) groups is 2. The summed E-state index contributed by atoms with van der Waals surface area (Å²) in [6, 6.07) is 0. The quantitative estimate of drug-likeness (QED) is 0.746. The van der Waals surface area contributed by atoms with Gasteiger partial charge in [0.2, 0.25) is 11.8 Å². The lowest BCUT2D eigenvalue weighted by molar-refractivity contribution is -0.139. The maximum atomic E-state index is 12.5. The van der Waals surface area contributed by atoms with Gasteiger partial charge in [-0.2, -0.15) is 0 Å². The van der Waals surface area contributed by atoms with E-state index in [0.717, 1.165) is 38.6 Å². The molecule has 0 aromatic heterocycles. The first-order chi connectivity index (χ1) is 8.63. The van der Waals surface area contributed by atoms with Crippen molar-refractivity contribution in [3.63, 3.8) is 0 Å². The third kappa shape index (κ3) is 2.66. The summed E-state index contributed by atoms with van der Waals surface area (Å²) in [5.41, 5.74) is 11.1. The average Bonchev–Trinajstić information content (AvgIpc) is 2.86. The largest absolute Gasteiger partial charge is 0.369 e. The van der Waals surface area contributed by atoms with Crippen molar-refractivity contribution in [1.82, 2.24) is 4.90 Å². The van der Waals surface area contributed by atoms with E-state index in [-0.39, 0.29) is 23.7 Å². The Morgan fingerprint density at radius 3 is 2.61 bits per heavy atom. The van der Waals surface area contributed by atoms with Crippen LogP contribution < -0.4 is 11.5 Å². The van der Waals surface area contributed by atoms with Crippen LogP contribution in [0.25, 0.3) is 0 Å². The third-order valence-corrected chi connectivity index (χ3v) is 4.41. The highest BCUT2D eigenvalue weighted by molar-refractivity contribution is 5.82. The minimum absolute atomic E-state index is 0.0710. The van der Waals surface area contributed by atoms with Gasteiger partial charge in [0, 0.05) is 19.0 Å². The molecule has 2 aliphatic rings. The number of rotatable bonds is 3. The predicted molar refractivity (Wildman–Crippen MR) is 68.4 cm³/mol. The molecule has 3 atom stereocenters. The summed E-state index contributed by atoms with van der Waals surface area (Å²) < 4.78 is 0. The number of hydrogen-bond acceptors (Lipinski definition) is 3. The minimum atomic E-state index is -0.283. The van der Waals surface area contributed by atoms with Gasteiger partial charge in [-0.25, -0.2) is 0 Å². The minimum Gasteiger partial charge on any atom is -0.369 e. The predicted octanol–water partition coefficient (Wildman–Crippen LogP) is 0.0853. The van der Waals surface area contributed by atoms with Crippen LogP contribution in [0.4, 0.5) is 0 Å². The molecule has 0 aromatic rings. The smallest absolute Gasteiger partial charge is 0.226 e. The first-order valence-corrected chi connectivity index (χ1v) is 6.91. The number of nitrogens with zero attached hydrogens (tertiary/aromatic N) is 1. The van der Waals surface area contributed by atoms with Crippen molar-refractivity contribution >= 4 is 11.8 Å². The highest BCUT2D eigenvalue weighted by atomic mass is 16.2. The lowest BCUT2D eigenvalue weighted by Gasteiger charge is -2.34. The van der Waals surface area contributed by atoms with Gasteiger partial charge in [0.1, 0.15) is 0 Å². The normalized spacial score (nSPS) is 32.5. The molecule has 2 fully saturated rings. The van der Waals surface area contributed by atoms with E-state index in [1.54, 1.807) is 0 Å². The summed E-state index contributed by atoms with van der Waals surface area (Å²) >= 11 is 0. The number of piperidine rings is 1. The van der Waals surface area contributed by atoms with Crippen molar-refractivity contribution in [2.45, 2.75) is 32.1 Å². The zero-order chi connectivity index (χ0) is 13.1. The fourth-order valence-electron chi connectivity index (χ4n) is 3.29. The van der Waals surface area contributed by atoms with Crippen molar-refractivity contribution in [3.8, 4) is 0 Å². The van der Waals surface area contributed by atoms with Gasteiger partial charge in [-0.3, -0.25) is 9.59 Å². The number of nitrogens with two attached hydrogens (primary N) is 2. The SMILES string of the molecule is NCC1CCCC1C(=O)N1CCCC(C(N)=O)C1. The average molecular weight is 253 g/mol. The Morgan fingerprint density at radius 1 is 1.17 bits per heavy atom. The van der Waals surface area contributed by atoms with E-state index in [9.17, 15) is 9.59 Å². The van der Waals surface area contributed by atoms with E-state index in [0.29, 0.717) is 19.0 Å². The van der Waals surface area contributed by atoms with Crippen LogP contribution in [0.3, 0.4) is 0 Å². The molecule has 2 rings (SSSR count). The first-order valence-electron chi connectivity index (χ1n) is 6.91. The summed E-state index contributed by atoms with van der Waals surface area (Å²) in [6.45, 7) is 1.85. The molecule has 2 amide bonds. The van der Waals surface area contributed by atoms with Gasteiger partial charge in [0.05, 0.1) is 5.92 Å². The van der Waals surface area contributed by atoms with Gasteiger partial charge in [0.15, 0.2) is 0 Å². The van der Waals surface area contributed by atoms with Crippen LogP contribution in [0.15, 0.2) is 0 Å². The number of likely N-dealkylation sites (tertiary alicyclic amines) is 1. The molecular weight excluding hydrogens is 230 g/mol. The number of hydrogen-bond donors (Lipinski definition) is 2. The Bertz CT molecular complexity index is 332. The maximum Gasteiger partial charge on any atom is 0.226 e. The van der Waals surface area contributed by atoms with Crippen molar-refractivity contribution in [1.29, 1.82) is 0 Å². The molecule has 0 spiro atoms. The molecule has 0 bridgehead atoms. The fraction of sp³-hybridized carbons (Fsp3) is 0.846. The Balaban J connectivity index is 1.98. The molecule has 18 heavy (non-hydrogen) atoms. The summed E-state index contributed by atoms with van der Waals surface area (Å²) in [5.74, 6) is 0.136. The zero-order valence-electron chi connectivity index (χ0n) is 10.8. The van der Waals surface area contributed by atoms with Crippen molar-refractivity contribution in [3.05, 3.63) is 0 Å². The van der Waals surface area contributed by atoms with E-state index in [2.05, 4.69) is 0 Å². The van der Waals surface area contributed by atoms with Crippen LogP contribution in [0.1, 0.15) is 32.1 Å². The van der Waals surface area contributed by atoms with Gasteiger partial charge < -0.3 is 16.4 Å².